The molecular weight excluding hydrogens is 176 g/mol. The summed E-state index contributed by atoms with van der Waals surface area (Å²) in [6.07, 6.45) is 1.83. The Labute approximate surface area is 84.1 Å². The predicted octanol–water partition coefficient (Wildman–Crippen LogP) is -0.0501. The molecule has 1 fully saturated rings. The zero-order chi connectivity index (χ0) is 9.80. The van der Waals surface area contributed by atoms with Crippen LogP contribution in [0.5, 0.6) is 0 Å². The average Bonchev–Trinajstić information content (AvgIpc) is 2.30. The molecule has 1 aliphatic rings. The van der Waals surface area contributed by atoms with Gasteiger partial charge in [0.05, 0.1) is 0 Å². The third-order valence-corrected chi connectivity index (χ3v) is 2.49. The molecule has 14 heavy (non-hydrogen) atoms. The Bertz CT molecular complexity index is 294. The summed E-state index contributed by atoms with van der Waals surface area (Å²) in [7, 11) is 0. The lowest BCUT2D eigenvalue weighted by Gasteiger charge is -2.28. The molecule has 1 aromatic rings. The van der Waals surface area contributed by atoms with Crippen LogP contribution in [0.2, 0.25) is 0 Å². The molecule has 0 amide bonds. The molecule has 76 valence electrons. The fourth-order valence-electron chi connectivity index (χ4n) is 1.65. The molecule has 1 aromatic heterocycles. The van der Waals surface area contributed by atoms with Gasteiger partial charge in [0, 0.05) is 38.9 Å². The van der Waals surface area contributed by atoms with Gasteiger partial charge in [0.2, 0.25) is 0 Å². The third-order valence-electron chi connectivity index (χ3n) is 2.49. The Morgan fingerprint density at radius 3 is 2.93 bits per heavy atom. The maximum Gasteiger partial charge on any atom is 0.128 e. The monoisotopic (exact) mass is 192 g/mol. The summed E-state index contributed by atoms with van der Waals surface area (Å²) < 4.78 is 0. The number of aromatic nitrogens is 1. The van der Waals surface area contributed by atoms with E-state index in [9.17, 15) is 0 Å². The van der Waals surface area contributed by atoms with Crippen LogP contribution in [0.15, 0.2) is 18.3 Å². The molecule has 0 saturated carbocycles. The number of rotatable bonds is 2. The molecule has 1 aliphatic heterocycles. The molecule has 1 saturated heterocycles. The number of nitrogens with two attached hydrogens (primary N) is 1. The Hall–Kier alpha value is -1.13. The number of pyridine rings is 1. The second-order valence-corrected chi connectivity index (χ2v) is 3.46. The summed E-state index contributed by atoms with van der Waals surface area (Å²) in [5.41, 5.74) is 6.74. The number of nitrogens with one attached hydrogen (secondary N) is 1. The van der Waals surface area contributed by atoms with Gasteiger partial charge in [-0.3, -0.25) is 0 Å². The van der Waals surface area contributed by atoms with E-state index in [1.807, 2.05) is 12.3 Å². The van der Waals surface area contributed by atoms with E-state index >= 15 is 0 Å². The van der Waals surface area contributed by atoms with Crippen molar-refractivity contribution in [2.75, 3.05) is 31.1 Å². The van der Waals surface area contributed by atoms with Gasteiger partial charge in [-0.1, -0.05) is 0 Å². The first-order valence-corrected chi connectivity index (χ1v) is 5.01. The topological polar surface area (TPSA) is 54.2 Å². The highest BCUT2D eigenvalue weighted by Crippen LogP contribution is 2.12. The zero-order valence-corrected chi connectivity index (χ0v) is 8.24. The minimum atomic E-state index is 0.585. The van der Waals surface area contributed by atoms with Crippen LogP contribution in [0.3, 0.4) is 0 Å². The molecule has 2 heterocycles. The van der Waals surface area contributed by atoms with Crippen molar-refractivity contribution in [3.05, 3.63) is 23.9 Å². The number of hydrogen-bond donors (Lipinski definition) is 2. The molecule has 0 atom stereocenters. The molecule has 0 bridgehead atoms. The third kappa shape index (κ3) is 2.02. The van der Waals surface area contributed by atoms with Gasteiger partial charge in [0.25, 0.3) is 0 Å². The van der Waals surface area contributed by atoms with Gasteiger partial charge in [-0.05, 0) is 17.7 Å². The summed E-state index contributed by atoms with van der Waals surface area (Å²) in [6.45, 7) is 4.72. The van der Waals surface area contributed by atoms with E-state index in [4.69, 9.17) is 5.73 Å². The number of anilines is 1. The SMILES string of the molecule is NCc1ccnc(N2CCNCC2)c1. The first kappa shape index (κ1) is 9.43. The Morgan fingerprint density at radius 1 is 1.43 bits per heavy atom. The highest BCUT2D eigenvalue weighted by atomic mass is 15.2. The molecule has 0 aromatic carbocycles. The number of hydrogen-bond acceptors (Lipinski definition) is 4. The lowest BCUT2D eigenvalue weighted by Crippen LogP contribution is -2.43. The van der Waals surface area contributed by atoms with Crippen LogP contribution in [0, 0.1) is 0 Å². The summed E-state index contributed by atoms with van der Waals surface area (Å²) in [5, 5.41) is 3.32. The van der Waals surface area contributed by atoms with Crippen LogP contribution in [-0.4, -0.2) is 31.2 Å². The Balaban J connectivity index is 2.13. The quantitative estimate of drug-likeness (QED) is 0.690. The standard InChI is InChI=1S/C10H16N4/c11-8-9-1-2-13-10(7-9)14-5-3-12-4-6-14/h1-2,7,12H,3-6,8,11H2. The molecule has 0 unspecified atom stereocenters. The predicted molar refractivity (Wildman–Crippen MR) is 57.2 cm³/mol. The highest BCUT2D eigenvalue weighted by molar-refractivity contribution is 5.41. The van der Waals surface area contributed by atoms with Crippen LogP contribution in [0.25, 0.3) is 0 Å². The summed E-state index contributed by atoms with van der Waals surface area (Å²) >= 11 is 0. The largest absolute Gasteiger partial charge is 0.354 e. The van der Waals surface area contributed by atoms with Gasteiger partial charge in [-0.25, -0.2) is 4.98 Å². The van der Waals surface area contributed by atoms with Crippen molar-refractivity contribution in [1.82, 2.24) is 10.3 Å². The summed E-state index contributed by atoms with van der Waals surface area (Å²) in [6, 6.07) is 4.04. The van der Waals surface area contributed by atoms with E-state index in [0.717, 1.165) is 37.6 Å². The lowest BCUT2D eigenvalue weighted by atomic mass is 10.2. The second kappa shape index (κ2) is 4.39. The van der Waals surface area contributed by atoms with Crippen molar-refractivity contribution >= 4 is 5.82 Å². The van der Waals surface area contributed by atoms with E-state index < -0.39 is 0 Å². The molecule has 0 spiro atoms. The molecule has 2 rings (SSSR count). The van der Waals surface area contributed by atoms with E-state index in [-0.39, 0.29) is 0 Å². The molecule has 4 nitrogen and oxygen atoms in total. The van der Waals surface area contributed by atoms with Crippen LogP contribution < -0.4 is 16.0 Å². The Morgan fingerprint density at radius 2 is 2.21 bits per heavy atom. The van der Waals surface area contributed by atoms with E-state index in [1.165, 1.54) is 0 Å². The molecule has 0 aliphatic carbocycles. The van der Waals surface area contributed by atoms with Crippen molar-refractivity contribution in [3.8, 4) is 0 Å². The average molecular weight is 192 g/mol. The minimum Gasteiger partial charge on any atom is -0.354 e. The zero-order valence-electron chi connectivity index (χ0n) is 8.24. The molecule has 0 radical (unpaired) electrons. The molecular formula is C10H16N4. The van der Waals surface area contributed by atoms with Crippen LogP contribution in [-0.2, 0) is 6.54 Å². The maximum atomic E-state index is 5.59. The normalized spacial score (nSPS) is 17.1. The van der Waals surface area contributed by atoms with Crippen LogP contribution in [0.4, 0.5) is 5.82 Å². The van der Waals surface area contributed by atoms with Crippen molar-refractivity contribution in [2.24, 2.45) is 5.73 Å². The smallest absolute Gasteiger partial charge is 0.128 e. The van der Waals surface area contributed by atoms with E-state index in [2.05, 4.69) is 21.3 Å². The number of piperazine rings is 1. The van der Waals surface area contributed by atoms with Gasteiger partial charge in [0.15, 0.2) is 0 Å². The van der Waals surface area contributed by atoms with E-state index in [1.54, 1.807) is 0 Å². The van der Waals surface area contributed by atoms with Crippen molar-refractivity contribution < 1.29 is 0 Å². The minimum absolute atomic E-state index is 0.585. The second-order valence-electron chi connectivity index (χ2n) is 3.46. The van der Waals surface area contributed by atoms with Gasteiger partial charge in [-0.15, -0.1) is 0 Å². The number of nitrogens with zero attached hydrogens (tertiary/aromatic N) is 2. The van der Waals surface area contributed by atoms with Crippen molar-refractivity contribution in [3.63, 3.8) is 0 Å². The van der Waals surface area contributed by atoms with Crippen LogP contribution in [0.1, 0.15) is 5.56 Å². The van der Waals surface area contributed by atoms with Gasteiger partial charge in [0.1, 0.15) is 5.82 Å². The fraction of sp³-hybridized carbons (Fsp3) is 0.500. The highest BCUT2D eigenvalue weighted by Gasteiger charge is 2.11. The van der Waals surface area contributed by atoms with Gasteiger partial charge >= 0.3 is 0 Å². The molecule has 3 N–H and O–H groups in total. The maximum absolute atomic E-state index is 5.59. The van der Waals surface area contributed by atoms with E-state index in [0.29, 0.717) is 6.54 Å². The summed E-state index contributed by atoms with van der Waals surface area (Å²) in [5.74, 6) is 1.05. The molecule has 4 heteroatoms. The first-order chi connectivity index (χ1) is 6.90. The fourth-order valence-corrected chi connectivity index (χ4v) is 1.65. The van der Waals surface area contributed by atoms with Gasteiger partial charge < -0.3 is 16.0 Å². The Kier molecular flexibility index (Phi) is 2.96. The van der Waals surface area contributed by atoms with Crippen LogP contribution >= 0.6 is 0 Å². The summed E-state index contributed by atoms with van der Waals surface area (Å²) in [4.78, 5) is 6.64. The van der Waals surface area contributed by atoms with Crippen molar-refractivity contribution in [1.29, 1.82) is 0 Å². The van der Waals surface area contributed by atoms with Gasteiger partial charge in [-0.2, -0.15) is 0 Å². The van der Waals surface area contributed by atoms with Crippen molar-refractivity contribution in [2.45, 2.75) is 6.54 Å². The first-order valence-electron chi connectivity index (χ1n) is 5.01. The lowest BCUT2D eigenvalue weighted by molar-refractivity contribution is 0.585.